The van der Waals surface area contributed by atoms with Gasteiger partial charge in [-0.25, -0.2) is 0 Å². The van der Waals surface area contributed by atoms with E-state index in [1.165, 1.54) is 89.9 Å². The lowest BCUT2D eigenvalue weighted by atomic mass is 9.96. The molecule has 0 heterocycles. The van der Waals surface area contributed by atoms with E-state index in [2.05, 4.69) is 19.1 Å². The van der Waals surface area contributed by atoms with Crippen molar-refractivity contribution in [3.8, 4) is 0 Å². The van der Waals surface area contributed by atoms with Gasteiger partial charge in [0.1, 0.15) is 0 Å². The maximum atomic E-state index is 12.1. The first-order chi connectivity index (χ1) is 13.2. The van der Waals surface area contributed by atoms with Crippen molar-refractivity contribution in [3.63, 3.8) is 0 Å². The third-order valence-corrected chi connectivity index (χ3v) is 5.03. The molecule has 1 rings (SSSR count). The van der Waals surface area contributed by atoms with Crippen LogP contribution in [0.15, 0.2) is 35.6 Å². The number of Topliss-reactive ketones (excluding diaryl/α,β-unsaturated/α-hetero) is 1. The SMILES string of the molecule is CCCCCC/C=C/CCCCCCCCCC1=CC(=O)C=C(OC)C1=O. The zero-order valence-electron chi connectivity index (χ0n) is 17.4. The molecule has 0 bridgehead atoms. The van der Waals surface area contributed by atoms with Gasteiger partial charge in [0, 0.05) is 11.6 Å². The molecule has 0 aromatic heterocycles. The Morgan fingerprint density at radius 3 is 1.93 bits per heavy atom. The monoisotopic (exact) mass is 374 g/mol. The summed E-state index contributed by atoms with van der Waals surface area (Å²) in [5, 5.41) is 0. The summed E-state index contributed by atoms with van der Waals surface area (Å²) in [5.41, 5.74) is 0.598. The summed E-state index contributed by atoms with van der Waals surface area (Å²) >= 11 is 0. The number of unbranched alkanes of at least 4 members (excludes halogenated alkanes) is 11. The van der Waals surface area contributed by atoms with Crippen LogP contribution in [0.3, 0.4) is 0 Å². The second-order valence-electron chi connectivity index (χ2n) is 7.45. The fourth-order valence-corrected chi connectivity index (χ4v) is 3.36. The average Bonchev–Trinajstić information content (AvgIpc) is 2.67. The van der Waals surface area contributed by atoms with Gasteiger partial charge in [-0.3, -0.25) is 9.59 Å². The number of hydrogen-bond acceptors (Lipinski definition) is 3. The van der Waals surface area contributed by atoms with Crippen molar-refractivity contribution in [1.82, 2.24) is 0 Å². The molecule has 0 unspecified atom stereocenters. The molecule has 3 nitrogen and oxygen atoms in total. The Bertz CT molecular complexity index is 526. The van der Waals surface area contributed by atoms with Gasteiger partial charge in [0.05, 0.1) is 7.11 Å². The minimum absolute atomic E-state index is 0.129. The number of carbonyl (C=O) groups is 2. The van der Waals surface area contributed by atoms with E-state index in [4.69, 9.17) is 4.74 Å². The van der Waals surface area contributed by atoms with E-state index < -0.39 is 0 Å². The van der Waals surface area contributed by atoms with Crippen molar-refractivity contribution >= 4 is 11.6 Å². The Morgan fingerprint density at radius 1 is 0.778 bits per heavy atom. The van der Waals surface area contributed by atoms with E-state index in [1.54, 1.807) is 0 Å². The maximum Gasteiger partial charge on any atom is 0.223 e. The van der Waals surface area contributed by atoms with Crippen LogP contribution in [-0.2, 0) is 14.3 Å². The molecular formula is C24H38O3. The van der Waals surface area contributed by atoms with Crippen LogP contribution in [0, 0.1) is 0 Å². The molecule has 27 heavy (non-hydrogen) atoms. The third kappa shape index (κ3) is 10.9. The number of rotatable bonds is 16. The van der Waals surface area contributed by atoms with Crippen LogP contribution in [0.1, 0.15) is 96.8 Å². The van der Waals surface area contributed by atoms with E-state index in [1.807, 2.05) is 0 Å². The number of ketones is 2. The highest BCUT2D eigenvalue weighted by atomic mass is 16.5. The minimum Gasteiger partial charge on any atom is -0.493 e. The summed E-state index contributed by atoms with van der Waals surface area (Å²) in [4.78, 5) is 23.6. The molecule has 0 spiro atoms. The summed E-state index contributed by atoms with van der Waals surface area (Å²) in [6, 6.07) is 0. The normalized spacial score (nSPS) is 14.6. The number of carbonyl (C=O) groups excluding carboxylic acids is 2. The molecule has 0 fully saturated rings. The highest BCUT2D eigenvalue weighted by molar-refractivity contribution is 6.19. The zero-order chi connectivity index (χ0) is 19.7. The number of allylic oxidation sites excluding steroid dienone is 5. The van der Waals surface area contributed by atoms with E-state index in [0.717, 1.165) is 12.8 Å². The Hall–Kier alpha value is -1.64. The first kappa shape index (κ1) is 23.4. The van der Waals surface area contributed by atoms with Crippen LogP contribution in [0.2, 0.25) is 0 Å². The molecule has 0 N–H and O–H groups in total. The van der Waals surface area contributed by atoms with Crippen molar-refractivity contribution in [2.75, 3.05) is 7.11 Å². The van der Waals surface area contributed by atoms with Crippen molar-refractivity contribution in [1.29, 1.82) is 0 Å². The van der Waals surface area contributed by atoms with E-state index in [0.29, 0.717) is 12.0 Å². The van der Waals surface area contributed by atoms with Crippen LogP contribution in [0.25, 0.3) is 0 Å². The number of hydrogen-bond donors (Lipinski definition) is 0. The molecule has 0 atom stereocenters. The van der Waals surface area contributed by atoms with E-state index >= 15 is 0 Å². The molecule has 0 radical (unpaired) electrons. The molecular weight excluding hydrogens is 336 g/mol. The molecule has 0 amide bonds. The fraction of sp³-hybridized carbons (Fsp3) is 0.667. The summed E-state index contributed by atoms with van der Waals surface area (Å²) in [5.74, 6) is -0.0977. The first-order valence-electron chi connectivity index (χ1n) is 10.9. The molecule has 1 aliphatic carbocycles. The van der Waals surface area contributed by atoms with Crippen LogP contribution in [-0.4, -0.2) is 18.7 Å². The fourth-order valence-electron chi connectivity index (χ4n) is 3.36. The highest BCUT2D eigenvalue weighted by Gasteiger charge is 2.21. The van der Waals surface area contributed by atoms with E-state index in [9.17, 15) is 9.59 Å². The third-order valence-electron chi connectivity index (χ3n) is 5.03. The Balaban J connectivity index is 1.94. The van der Waals surface area contributed by atoms with Gasteiger partial charge in [-0.1, -0.05) is 70.4 Å². The highest BCUT2D eigenvalue weighted by Crippen LogP contribution is 2.20. The smallest absolute Gasteiger partial charge is 0.223 e. The van der Waals surface area contributed by atoms with Gasteiger partial charge >= 0.3 is 0 Å². The predicted octanol–water partition coefficient (Wildman–Crippen LogP) is 6.63. The van der Waals surface area contributed by atoms with Crippen molar-refractivity contribution in [2.24, 2.45) is 0 Å². The maximum absolute atomic E-state index is 12.1. The number of ether oxygens (including phenoxy) is 1. The van der Waals surface area contributed by atoms with Crippen molar-refractivity contribution < 1.29 is 14.3 Å². The molecule has 1 aliphatic rings. The van der Waals surface area contributed by atoms with Gasteiger partial charge < -0.3 is 4.74 Å². The lowest BCUT2D eigenvalue weighted by Gasteiger charge is -2.12. The summed E-state index contributed by atoms with van der Waals surface area (Å²) in [6.07, 6.45) is 24.4. The standard InChI is InChI=1S/C24H38O3/c1-3-4-5-6-7-8-9-10-11-12-13-14-15-16-17-18-21-19-22(25)20-23(27-2)24(21)26/h8-9,19-20H,3-7,10-18H2,1-2H3/b9-8+. The lowest BCUT2D eigenvalue weighted by molar-refractivity contribution is -0.117. The van der Waals surface area contributed by atoms with E-state index in [-0.39, 0.29) is 17.3 Å². The summed E-state index contributed by atoms with van der Waals surface area (Å²) < 4.78 is 4.98. The van der Waals surface area contributed by atoms with Gasteiger partial charge in [-0.05, 0) is 44.6 Å². The van der Waals surface area contributed by atoms with Crippen molar-refractivity contribution in [3.05, 3.63) is 35.6 Å². The van der Waals surface area contributed by atoms with Gasteiger partial charge in [0.25, 0.3) is 0 Å². The first-order valence-corrected chi connectivity index (χ1v) is 10.9. The summed E-state index contributed by atoms with van der Waals surface area (Å²) in [7, 11) is 1.43. The molecule has 0 aromatic carbocycles. The molecule has 3 heteroatoms. The van der Waals surface area contributed by atoms with Gasteiger partial charge in [0.15, 0.2) is 11.5 Å². The topological polar surface area (TPSA) is 43.4 Å². The second-order valence-corrected chi connectivity index (χ2v) is 7.45. The van der Waals surface area contributed by atoms with Gasteiger partial charge in [-0.2, -0.15) is 0 Å². The largest absolute Gasteiger partial charge is 0.493 e. The van der Waals surface area contributed by atoms with Crippen LogP contribution in [0.5, 0.6) is 0 Å². The molecule has 0 saturated carbocycles. The van der Waals surface area contributed by atoms with Crippen LogP contribution >= 0.6 is 0 Å². The quantitative estimate of drug-likeness (QED) is 0.173. The zero-order valence-corrected chi connectivity index (χ0v) is 17.4. The molecule has 0 saturated heterocycles. The molecule has 0 aliphatic heterocycles. The predicted molar refractivity (Wildman–Crippen MR) is 113 cm³/mol. The van der Waals surface area contributed by atoms with Gasteiger partial charge in [-0.15, -0.1) is 0 Å². The minimum atomic E-state index is -0.142. The Morgan fingerprint density at radius 2 is 1.33 bits per heavy atom. The molecule has 152 valence electrons. The Kier molecular flexibility index (Phi) is 13.4. The lowest BCUT2D eigenvalue weighted by Crippen LogP contribution is -2.15. The Labute approximate surface area is 165 Å². The molecule has 0 aromatic rings. The number of methoxy groups -OCH3 is 1. The van der Waals surface area contributed by atoms with Crippen LogP contribution < -0.4 is 0 Å². The van der Waals surface area contributed by atoms with Gasteiger partial charge in [0.2, 0.25) is 5.78 Å². The summed E-state index contributed by atoms with van der Waals surface area (Å²) in [6.45, 7) is 2.25. The van der Waals surface area contributed by atoms with Crippen LogP contribution in [0.4, 0.5) is 0 Å². The second kappa shape index (κ2) is 15.4. The average molecular weight is 375 g/mol. The van der Waals surface area contributed by atoms with Crippen molar-refractivity contribution in [2.45, 2.75) is 96.8 Å².